The highest BCUT2D eigenvalue weighted by atomic mass is 16.5. The average molecular weight is 294 g/mol. The second-order valence-electron chi connectivity index (χ2n) is 5.59. The number of nitrogens with zero attached hydrogens (tertiary/aromatic N) is 4. The molecule has 21 heavy (non-hydrogen) atoms. The standard InChI is InChI=1S/C14H26N6O/c1-5-8-15-12-17-13(19-14(18-12)20(3)4)16-10(2)11-7-6-9-21-11/h10-11H,5-9H2,1-4H3,(H2,15,16,17,18,19). The van der Waals surface area contributed by atoms with Gasteiger partial charge < -0.3 is 20.3 Å². The molecule has 2 rings (SSSR count). The highest BCUT2D eigenvalue weighted by molar-refractivity contribution is 5.43. The first kappa shape index (κ1) is 15.8. The fraction of sp³-hybridized carbons (Fsp3) is 0.786. The summed E-state index contributed by atoms with van der Waals surface area (Å²) >= 11 is 0. The molecular weight excluding hydrogens is 268 g/mol. The summed E-state index contributed by atoms with van der Waals surface area (Å²) in [4.78, 5) is 15.2. The summed E-state index contributed by atoms with van der Waals surface area (Å²) in [5.74, 6) is 1.85. The minimum Gasteiger partial charge on any atom is -0.376 e. The number of anilines is 3. The molecule has 0 bridgehead atoms. The van der Waals surface area contributed by atoms with E-state index in [2.05, 4.69) is 39.4 Å². The molecule has 0 spiro atoms. The zero-order chi connectivity index (χ0) is 15.2. The summed E-state index contributed by atoms with van der Waals surface area (Å²) in [5, 5.41) is 6.55. The molecular formula is C14H26N6O. The van der Waals surface area contributed by atoms with E-state index in [1.54, 1.807) is 0 Å². The maximum absolute atomic E-state index is 5.70. The van der Waals surface area contributed by atoms with Gasteiger partial charge in [0.1, 0.15) is 0 Å². The van der Waals surface area contributed by atoms with Crippen molar-refractivity contribution in [2.75, 3.05) is 42.8 Å². The van der Waals surface area contributed by atoms with Gasteiger partial charge in [0.2, 0.25) is 17.8 Å². The van der Waals surface area contributed by atoms with E-state index >= 15 is 0 Å². The van der Waals surface area contributed by atoms with Crippen LogP contribution in [-0.4, -0.2) is 54.3 Å². The maximum atomic E-state index is 5.70. The SMILES string of the molecule is CCCNc1nc(NC(C)C2CCCO2)nc(N(C)C)n1. The first-order chi connectivity index (χ1) is 10.1. The van der Waals surface area contributed by atoms with Crippen LogP contribution >= 0.6 is 0 Å². The van der Waals surface area contributed by atoms with E-state index in [0.29, 0.717) is 17.8 Å². The van der Waals surface area contributed by atoms with Crippen molar-refractivity contribution in [3.63, 3.8) is 0 Å². The van der Waals surface area contributed by atoms with E-state index in [-0.39, 0.29) is 12.1 Å². The van der Waals surface area contributed by atoms with Crippen molar-refractivity contribution in [3.8, 4) is 0 Å². The van der Waals surface area contributed by atoms with Gasteiger partial charge in [-0.3, -0.25) is 0 Å². The summed E-state index contributed by atoms with van der Waals surface area (Å²) in [5.41, 5.74) is 0. The van der Waals surface area contributed by atoms with Crippen LogP contribution in [0.1, 0.15) is 33.1 Å². The highest BCUT2D eigenvalue weighted by Crippen LogP contribution is 2.19. The minimum absolute atomic E-state index is 0.184. The van der Waals surface area contributed by atoms with E-state index in [4.69, 9.17) is 4.74 Å². The molecule has 0 aliphatic carbocycles. The topological polar surface area (TPSA) is 75.2 Å². The Bertz CT molecular complexity index is 447. The van der Waals surface area contributed by atoms with Crippen LogP contribution < -0.4 is 15.5 Å². The van der Waals surface area contributed by atoms with Crippen LogP contribution in [-0.2, 0) is 4.74 Å². The second-order valence-corrected chi connectivity index (χ2v) is 5.59. The van der Waals surface area contributed by atoms with Crippen LogP contribution in [0.5, 0.6) is 0 Å². The van der Waals surface area contributed by atoms with Gasteiger partial charge in [-0.25, -0.2) is 0 Å². The third kappa shape index (κ3) is 4.42. The van der Waals surface area contributed by atoms with Crippen LogP contribution in [0.4, 0.5) is 17.8 Å². The Morgan fingerprint density at radius 3 is 2.67 bits per heavy atom. The van der Waals surface area contributed by atoms with Crippen LogP contribution in [0, 0.1) is 0 Å². The van der Waals surface area contributed by atoms with Gasteiger partial charge in [-0.05, 0) is 26.2 Å². The van der Waals surface area contributed by atoms with Crippen molar-refractivity contribution in [2.24, 2.45) is 0 Å². The Hall–Kier alpha value is -1.63. The van der Waals surface area contributed by atoms with Crippen LogP contribution in [0.3, 0.4) is 0 Å². The molecule has 118 valence electrons. The lowest BCUT2D eigenvalue weighted by Gasteiger charge is -2.21. The van der Waals surface area contributed by atoms with Crippen molar-refractivity contribution in [2.45, 2.75) is 45.3 Å². The van der Waals surface area contributed by atoms with E-state index in [1.165, 1.54) is 0 Å². The number of nitrogens with one attached hydrogen (secondary N) is 2. The summed E-state index contributed by atoms with van der Waals surface area (Å²) in [6.07, 6.45) is 3.47. The molecule has 2 N–H and O–H groups in total. The lowest BCUT2D eigenvalue weighted by molar-refractivity contribution is 0.0994. The molecule has 2 atom stereocenters. The Labute approximate surface area is 126 Å². The molecule has 1 aromatic rings. The molecule has 1 aliphatic rings. The van der Waals surface area contributed by atoms with E-state index in [9.17, 15) is 0 Å². The first-order valence-corrected chi connectivity index (χ1v) is 7.65. The summed E-state index contributed by atoms with van der Waals surface area (Å²) < 4.78 is 5.70. The van der Waals surface area contributed by atoms with Gasteiger partial charge in [0.25, 0.3) is 0 Å². The molecule has 0 aromatic carbocycles. The average Bonchev–Trinajstić information content (AvgIpc) is 2.99. The van der Waals surface area contributed by atoms with Crippen molar-refractivity contribution in [1.29, 1.82) is 0 Å². The fourth-order valence-corrected chi connectivity index (χ4v) is 2.24. The smallest absolute Gasteiger partial charge is 0.231 e. The van der Waals surface area contributed by atoms with E-state index < -0.39 is 0 Å². The van der Waals surface area contributed by atoms with Crippen molar-refractivity contribution >= 4 is 17.8 Å². The fourth-order valence-electron chi connectivity index (χ4n) is 2.24. The highest BCUT2D eigenvalue weighted by Gasteiger charge is 2.23. The predicted octanol–water partition coefficient (Wildman–Crippen LogP) is 1.74. The molecule has 7 heteroatoms. The van der Waals surface area contributed by atoms with Gasteiger partial charge >= 0.3 is 0 Å². The molecule has 0 saturated carbocycles. The van der Waals surface area contributed by atoms with E-state index in [1.807, 2.05) is 19.0 Å². The van der Waals surface area contributed by atoms with Gasteiger partial charge in [-0.2, -0.15) is 15.0 Å². The van der Waals surface area contributed by atoms with Crippen molar-refractivity contribution in [1.82, 2.24) is 15.0 Å². The molecule has 0 amide bonds. The van der Waals surface area contributed by atoms with Crippen LogP contribution in [0.25, 0.3) is 0 Å². The number of hydrogen-bond donors (Lipinski definition) is 2. The zero-order valence-electron chi connectivity index (χ0n) is 13.4. The summed E-state index contributed by atoms with van der Waals surface area (Å²) in [6, 6.07) is 0.184. The summed E-state index contributed by atoms with van der Waals surface area (Å²) in [7, 11) is 3.85. The van der Waals surface area contributed by atoms with Gasteiger partial charge in [-0.1, -0.05) is 6.92 Å². The van der Waals surface area contributed by atoms with E-state index in [0.717, 1.165) is 32.4 Å². The van der Waals surface area contributed by atoms with Crippen molar-refractivity contribution in [3.05, 3.63) is 0 Å². The molecule has 0 radical (unpaired) electrons. The quantitative estimate of drug-likeness (QED) is 0.793. The monoisotopic (exact) mass is 294 g/mol. The number of ether oxygens (including phenoxy) is 1. The number of rotatable bonds is 7. The minimum atomic E-state index is 0.184. The predicted molar refractivity (Wildman–Crippen MR) is 85.0 cm³/mol. The second kappa shape index (κ2) is 7.40. The number of aromatic nitrogens is 3. The Morgan fingerprint density at radius 2 is 2.05 bits per heavy atom. The lowest BCUT2D eigenvalue weighted by atomic mass is 10.1. The zero-order valence-corrected chi connectivity index (χ0v) is 13.4. The maximum Gasteiger partial charge on any atom is 0.231 e. The van der Waals surface area contributed by atoms with Gasteiger partial charge in [0.05, 0.1) is 12.1 Å². The Morgan fingerprint density at radius 1 is 1.29 bits per heavy atom. The molecule has 2 unspecified atom stereocenters. The molecule has 2 heterocycles. The van der Waals surface area contributed by atoms with Gasteiger partial charge in [0.15, 0.2) is 0 Å². The molecule has 1 fully saturated rings. The van der Waals surface area contributed by atoms with Gasteiger partial charge in [0, 0.05) is 27.2 Å². The molecule has 7 nitrogen and oxygen atoms in total. The van der Waals surface area contributed by atoms with Gasteiger partial charge in [-0.15, -0.1) is 0 Å². The lowest BCUT2D eigenvalue weighted by Crippen LogP contribution is -2.31. The summed E-state index contributed by atoms with van der Waals surface area (Å²) in [6.45, 7) is 5.91. The molecule has 1 saturated heterocycles. The molecule has 1 aromatic heterocycles. The number of hydrogen-bond acceptors (Lipinski definition) is 7. The molecule has 1 aliphatic heterocycles. The third-order valence-corrected chi connectivity index (χ3v) is 3.44. The van der Waals surface area contributed by atoms with Crippen LogP contribution in [0.2, 0.25) is 0 Å². The first-order valence-electron chi connectivity index (χ1n) is 7.65. The van der Waals surface area contributed by atoms with Crippen LogP contribution in [0.15, 0.2) is 0 Å². The Kier molecular flexibility index (Phi) is 5.55. The van der Waals surface area contributed by atoms with Crippen molar-refractivity contribution < 1.29 is 4.74 Å². The normalized spacial score (nSPS) is 19.3. The largest absolute Gasteiger partial charge is 0.376 e. The Balaban J connectivity index is 2.10. The third-order valence-electron chi connectivity index (χ3n) is 3.44.